The number of aromatic nitrogens is 6. The summed E-state index contributed by atoms with van der Waals surface area (Å²) < 4.78 is 98.3. The van der Waals surface area contributed by atoms with E-state index >= 15 is 0 Å². The summed E-state index contributed by atoms with van der Waals surface area (Å²) in [5, 5.41) is 23.6. The van der Waals surface area contributed by atoms with Crippen LogP contribution in [0.1, 0.15) is 70.4 Å². The standard InChI is InChI=1S/C27H26F4N6O2.C20H19BrF3N5O/c1-15-11-16(3-7-19(15)26(38)35-17-4-5-17)22-14-33-25-21(32-10-9-27(29,30)31)13-24(36-37(22)25)34-18-6-8-20(28)23(12-18)39-2;1-11-8-12(2-5-14(11)19(30)27-13-3-4-13)16-10-26-18-15(9-17(21)28-29(16)18)25-7-6-20(22,23)24/h3,6-8,11-14,17,32H,4-5,9-10H2,1-2H3,(H,34,36)(H,35,38);2,5,8-10,13,25H,3-4,6-7H2,1H3,(H,27,30). The first kappa shape index (κ1) is 48.5. The van der Waals surface area contributed by atoms with Crippen molar-refractivity contribution in [3.8, 4) is 28.3 Å². The molecule has 2 saturated carbocycles. The number of nitrogens with zero attached hydrogens (tertiary/aromatic N) is 6. The molecule has 2 aliphatic rings. The fourth-order valence-corrected chi connectivity index (χ4v) is 7.71. The number of hydrogen-bond acceptors (Lipinski definition) is 10. The zero-order chi connectivity index (χ0) is 49.2. The highest BCUT2D eigenvalue weighted by molar-refractivity contribution is 9.10. The third kappa shape index (κ3) is 12.2. The molecular formula is C47H45BrF7N11O3. The van der Waals surface area contributed by atoms with Crippen LogP contribution in [0.25, 0.3) is 33.8 Å². The van der Waals surface area contributed by atoms with Crippen LogP contribution in [0.15, 0.2) is 83.7 Å². The highest BCUT2D eigenvalue weighted by atomic mass is 79.9. The van der Waals surface area contributed by atoms with Crippen LogP contribution in [0.3, 0.4) is 0 Å². The van der Waals surface area contributed by atoms with Crippen molar-refractivity contribution in [3.05, 3.63) is 112 Å². The second kappa shape index (κ2) is 19.9. The van der Waals surface area contributed by atoms with E-state index in [0.717, 1.165) is 47.9 Å². The molecule has 5 N–H and O–H groups in total. The van der Waals surface area contributed by atoms with Gasteiger partial charge in [-0.25, -0.2) is 23.4 Å². The summed E-state index contributed by atoms with van der Waals surface area (Å²) in [7, 11) is 1.34. The number of methoxy groups -OCH3 is 1. The van der Waals surface area contributed by atoms with Crippen molar-refractivity contribution in [1.29, 1.82) is 0 Å². The zero-order valence-corrected chi connectivity index (χ0v) is 38.8. The molecule has 0 radical (unpaired) electrons. The van der Waals surface area contributed by atoms with Gasteiger partial charge in [-0.15, -0.1) is 5.10 Å². The van der Waals surface area contributed by atoms with Gasteiger partial charge in [-0.3, -0.25) is 9.59 Å². The van der Waals surface area contributed by atoms with Crippen molar-refractivity contribution in [2.45, 2.75) is 76.8 Å². The van der Waals surface area contributed by atoms with Crippen molar-refractivity contribution >= 4 is 61.9 Å². The summed E-state index contributed by atoms with van der Waals surface area (Å²) in [6, 6.07) is 18.6. The van der Waals surface area contributed by atoms with Crippen LogP contribution in [-0.2, 0) is 0 Å². The average molecular weight is 1020 g/mol. The normalized spacial score (nSPS) is 13.7. The zero-order valence-electron chi connectivity index (χ0n) is 37.2. The first-order valence-corrected chi connectivity index (χ1v) is 22.6. The number of amides is 2. The third-order valence-electron chi connectivity index (χ3n) is 11.1. The average Bonchev–Trinajstić information content (AvgIpc) is 4.20. The molecule has 3 aromatic carbocycles. The SMILES string of the molecule is COc1cc(Nc2cc(NCCC(F)(F)F)c3ncc(-c4ccc(C(=O)NC5CC5)c(C)c4)n3n2)ccc1F.Cc1cc(-c2cnc3c(NCCC(F)(F)F)cc(Br)nn23)ccc1C(=O)NC1CC1. The Balaban J connectivity index is 0.000000192. The summed E-state index contributed by atoms with van der Waals surface area (Å²) in [5.41, 5.74) is 7.50. The van der Waals surface area contributed by atoms with E-state index in [2.05, 4.69) is 62.7 Å². The van der Waals surface area contributed by atoms with Gasteiger partial charge < -0.3 is 31.3 Å². The van der Waals surface area contributed by atoms with Crippen LogP contribution in [0, 0.1) is 19.7 Å². The molecule has 2 fully saturated rings. The van der Waals surface area contributed by atoms with Crippen LogP contribution < -0.4 is 31.3 Å². The molecule has 0 spiro atoms. The Bertz CT molecular complexity index is 3040. The molecular weight excluding hydrogens is 979 g/mol. The molecule has 2 aliphatic carbocycles. The fourth-order valence-electron chi connectivity index (χ4n) is 7.32. The summed E-state index contributed by atoms with van der Waals surface area (Å²) in [6.45, 7) is 3.07. The molecule has 4 heterocycles. The van der Waals surface area contributed by atoms with Crippen molar-refractivity contribution < 1.29 is 45.1 Å². The number of ether oxygens (including phenoxy) is 1. The molecule has 4 aromatic heterocycles. The van der Waals surface area contributed by atoms with E-state index in [1.165, 1.54) is 35.9 Å². The van der Waals surface area contributed by atoms with Gasteiger partial charge in [0.05, 0.1) is 55.1 Å². The van der Waals surface area contributed by atoms with Gasteiger partial charge in [-0.1, -0.05) is 12.1 Å². The number of rotatable bonds is 15. The first-order chi connectivity index (χ1) is 32.8. The number of benzene rings is 3. The highest BCUT2D eigenvalue weighted by Crippen LogP contribution is 2.32. The van der Waals surface area contributed by atoms with Gasteiger partial charge in [-0.05, 0) is 109 Å². The molecule has 0 unspecified atom stereocenters. The number of carbonyl (C=O) groups excluding carboxylic acids is 2. The molecule has 69 heavy (non-hydrogen) atoms. The van der Waals surface area contributed by atoms with Crippen LogP contribution >= 0.6 is 15.9 Å². The first-order valence-electron chi connectivity index (χ1n) is 21.8. The van der Waals surface area contributed by atoms with Gasteiger partial charge in [0.25, 0.3) is 11.8 Å². The van der Waals surface area contributed by atoms with E-state index in [-0.39, 0.29) is 48.6 Å². The van der Waals surface area contributed by atoms with E-state index in [0.29, 0.717) is 55.5 Å². The number of fused-ring (bicyclic) bond motifs is 2. The van der Waals surface area contributed by atoms with E-state index in [4.69, 9.17) is 4.74 Å². The molecule has 9 rings (SSSR count). The third-order valence-corrected chi connectivity index (χ3v) is 11.5. The van der Waals surface area contributed by atoms with Crippen LogP contribution in [-0.4, -0.2) is 85.6 Å². The Morgan fingerprint density at radius 3 is 1.65 bits per heavy atom. The van der Waals surface area contributed by atoms with E-state index in [9.17, 15) is 40.3 Å². The number of alkyl halides is 6. The predicted molar refractivity (Wildman–Crippen MR) is 250 cm³/mol. The predicted octanol–water partition coefficient (Wildman–Crippen LogP) is 10.6. The molecule has 0 bridgehead atoms. The minimum absolute atomic E-state index is 0.0224. The van der Waals surface area contributed by atoms with Crippen molar-refractivity contribution in [2.24, 2.45) is 0 Å². The molecule has 0 saturated heterocycles. The van der Waals surface area contributed by atoms with Gasteiger partial charge in [0, 0.05) is 65.2 Å². The molecule has 362 valence electrons. The monoisotopic (exact) mass is 1020 g/mol. The van der Waals surface area contributed by atoms with Crippen molar-refractivity contribution in [1.82, 2.24) is 39.8 Å². The highest BCUT2D eigenvalue weighted by Gasteiger charge is 2.29. The number of imidazole rings is 2. The number of hydrogen-bond donors (Lipinski definition) is 5. The van der Waals surface area contributed by atoms with E-state index in [1.54, 1.807) is 41.2 Å². The van der Waals surface area contributed by atoms with Crippen LogP contribution in [0.2, 0.25) is 0 Å². The Hall–Kier alpha value is -6.97. The molecule has 0 atom stereocenters. The van der Waals surface area contributed by atoms with Crippen molar-refractivity contribution in [2.75, 3.05) is 36.1 Å². The maximum atomic E-state index is 13.9. The van der Waals surface area contributed by atoms with Crippen LogP contribution in [0.4, 0.5) is 53.6 Å². The Morgan fingerprint density at radius 2 is 1.19 bits per heavy atom. The fraction of sp³-hybridized carbons (Fsp3) is 0.319. The Kier molecular flexibility index (Phi) is 14.0. The summed E-state index contributed by atoms with van der Waals surface area (Å²) in [5.74, 6) is -0.453. The second-order valence-electron chi connectivity index (χ2n) is 16.7. The quantitative estimate of drug-likeness (QED) is 0.0625. The molecule has 0 aliphatic heterocycles. The Labute approximate surface area is 398 Å². The lowest BCUT2D eigenvalue weighted by Gasteiger charge is -2.14. The second-order valence-corrected chi connectivity index (χ2v) is 17.5. The van der Waals surface area contributed by atoms with Gasteiger partial charge in [-0.2, -0.15) is 31.4 Å². The minimum Gasteiger partial charge on any atom is -0.494 e. The van der Waals surface area contributed by atoms with Gasteiger partial charge in [0.2, 0.25) is 0 Å². The lowest BCUT2D eigenvalue weighted by Crippen LogP contribution is -2.26. The molecule has 2 amide bonds. The largest absolute Gasteiger partial charge is 0.494 e. The number of carbonyl (C=O) groups is 2. The summed E-state index contributed by atoms with van der Waals surface area (Å²) in [6.07, 6.45) is -3.36. The van der Waals surface area contributed by atoms with Crippen LogP contribution in [0.5, 0.6) is 5.75 Å². The molecule has 7 aromatic rings. The van der Waals surface area contributed by atoms with Gasteiger partial charge in [0.1, 0.15) is 4.60 Å². The smallest absolute Gasteiger partial charge is 0.390 e. The number of nitrogens with one attached hydrogen (secondary N) is 5. The van der Waals surface area contributed by atoms with E-state index < -0.39 is 31.0 Å². The maximum Gasteiger partial charge on any atom is 0.390 e. The molecule has 22 heteroatoms. The lowest BCUT2D eigenvalue weighted by molar-refractivity contribution is -0.132. The number of anilines is 4. The Morgan fingerprint density at radius 1 is 0.696 bits per heavy atom. The lowest BCUT2D eigenvalue weighted by atomic mass is 10.0. The van der Waals surface area contributed by atoms with Gasteiger partial charge >= 0.3 is 12.4 Å². The van der Waals surface area contributed by atoms with Crippen molar-refractivity contribution in [3.63, 3.8) is 0 Å². The van der Waals surface area contributed by atoms with E-state index in [1.807, 2.05) is 32.0 Å². The number of halogens is 8. The van der Waals surface area contributed by atoms with Gasteiger partial charge in [0.15, 0.2) is 28.7 Å². The summed E-state index contributed by atoms with van der Waals surface area (Å²) in [4.78, 5) is 33.7. The maximum absolute atomic E-state index is 13.9. The topological polar surface area (TPSA) is 164 Å². The minimum atomic E-state index is -4.33. The summed E-state index contributed by atoms with van der Waals surface area (Å²) >= 11 is 3.31. The number of aryl methyl sites for hydroxylation is 2. The molecule has 14 nitrogen and oxygen atoms in total.